The van der Waals surface area contributed by atoms with Gasteiger partial charge in [0.15, 0.2) is 0 Å². The third kappa shape index (κ3) is 30.9. The predicted molar refractivity (Wildman–Crippen MR) is 190 cm³/mol. The summed E-state index contributed by atoms with van der Waals surface area (Å²) in [5, 5.41) is 23.2. The van der Waals surface area contributed by atoms with Crippen LogP contribution >= 0.6 is 0 Å². The van der Waals surface area contributed by atoms with Gasteiger partial charge in [-0.25, -0.2) is 0 Å². The lowest BCUT2D eigenvalue weighted by Gasteiger charge is -2.22. The van der Waals surface area contributed by atoms with Gasteiger partial charge in [0.2, 0.25) is 5.91 Å². The largest absolute Gasteiger partial charge is 0.387 e. The van der Waals surface area contributed by atoms with E-state index in [1.807, 2.05) is 0 Å². The van der Waals surface area contributed by atoms with Crippen LogP contribution in [-0.2, 0) is 14.9 Å². The quantitative estimate of drug-likeness (QED) is 0.0326. The molecule has 0 aromatic rings. The molecular weight excluding hydrogens is 586 g/mol. The van der Waals surface area contributed by atoms with E-state index >= 15 is 0 Å². The van der Waals surface area contributed by atoms with Gasteiger partial charge < -0.3 is 15.5 Å². The Hall–Kier alpha value is -1.48. The summed E-state index contributed by atoms with van der Waals surface area (Å²) in [4.78, 5) is 12.5. The summed E-state index contributed by atoms with van der Waals surface area (Å²) in [5.74, 6) is -1.57. The fourth-order valence-corrected chi connectivity index (χ4v) is 6.04. The van der Waals surface area contributed by atoms with Crippen molar-refractivity contribution in [2.45, 2.75) is 186 Å². The molecule has 0 aliphatic rings. The van der Waals surface area contributed by atoms with Crippen molar-refractivity contribution in [1.29, 1.82) is 0 Å². The Kier molecular flexibility index (Phi) is 30.1. The van der Waals surface area contributed by atoms with Crippen molar-refractivity contribution in [2.75, 3.05) is 5.75 Å². The standard InChI is InChI=1S/C37H69NO6S/c1-3-5-7-9-11-13-15-16-17-18-19-20-22-23-25-27-29-31-35(39)34(33-45(42,43)44)38-37(41)36(40)32-30-28-26-24-21-14-12-10-8-6-4-2/h17-18,22-23,29,31,34-36,39-40H,3-16,19-21,24-28,30,32-33H2,1-2H3,(H,38,41)(H,42,43,44)/b18-17+,23-22+,31-29+. The summed E-state index contributed by atoms with van der Waals surface area (Å²) in [6.07, 6.45) is 36.3. The average molecular weight is 656 g/mol. The molecule has 7 nitrogen and oxygen atoms in total. The Morgan fingerprint density at radius 2 is 1.00 bits per heavy atom. The topological polar surface area (TPSA) is 124 Å². The monoisotopic (exact) mass is 655 g/mol. The van der Waals surface area contributed by atoms with E-state index in [0.29, 0.717) is 12.8 Å². The molecule has 264 valence electrons. The second-order valence-corrected chi connectivity index (χ2v) is 14.1. The van der Waals surface area contributed by atoms with E-state index in [9.17, 15) is 28.0 Å². The van der Waals surface area contributed by atoms with Crippen LogP contribution in [0, 0.1) is 0 Å². The first kappa shape index (κ1) is 43.5. The fraction of sp³-hybridized carbons (Fsp3) is 0.811. The summed E-state index contributed by atoms with van der Waals surface area (Å²) in [7, 11) is -4.45. The first-order valence-corrected chi connectivity index (χ1v) is 19.9. The van der Waals surface area contributed by atoms with E-state index in [1.54, 1.807) is 6.08 Å². The van der Waals surface area contributed by atoms with Gasteiger partial charge in [0.1, 0.15) is 6.10 Å². The predicted octanol–water partition coefficient (Wildman–Crippen LogP) is 9.15. The molecule has 45 heavy (non-hydrogen) atoms. The van der Waals surface area contributed by atoms with Gasteiger partial charge in [0, 0.05) is 0 Å². The molecule has 1 amide bonds. The van der Waals surface area contributed by atoms with Crippen LogP contribution in [0.25, 0.3) is 0 Å². The molecule has 0 bridgehead atoms. The first-order chi connectivity index (χ1) is 21.7. The minimum Gasteiger partial charge on any atom is -0.387 e. The summed E-state index contributed by atoms with van der Waals surface area (Å²) >= 11 is 0. The summed E-state index contributed by atoms with van der Waals surface area (Å²) in [6.45, 7) is 4.47. The summed E-state index contributed by atoms with van der Waals surface area (Å²) in [6, 6.07) is -1.25. The molecule has 8 heteroatoms. The van der Waals surface area contributed by atoms with E-state index in [0.717, 1.165) is 44.9 Å². The molecule has 0 radical (unpaired) electrons. The highest BCUT2D eigenvalue weighted by Crippen LogP contribution is 2.13. The molecule has 3 atom stereocenters. The van der Waals surface area contributed by atoms with Crippen LogP contribution in [0.3, 0.4) is 0 Å². The van der Waals surface area contributed by atoms with Gasteiger partial charge >= 0.3 is 0 Å². The number of hydrogen-bond acceptors (Lipinski definition) is 5. The van der Waals surface area contributed by atoms with Crippen molar-refractivity contribution in [3.05, 3.63) is 36.5 Å². The molecule has 0 spiro atoms. The van der Waals surface area contributed by atoms with E-state index in [-0.39, 0.29) is 6.42 Å². The third-order valence-corrected chi connectivity index (χ3v) is 8.94. The molecule has 0 heterocycles. The Balaban J connectivity index is 4.21. The van der Waals surface area contributed by atoms with Gasteiger partial charge in [-0.15, -0.1) is 0 Å². The Labute approximate surface area is 277 Å². The zero-order chi connectivity index (χ0) is 33.4. The van der Waals surface area contributed by atoms with E-state index in [4.69, 9.17) is 0 Å². The highest BCUT2D eigenvalue weighted by Gasteiger charge is 2.27. The van der Waals surface area contributed by atoms with E-state index < -0.39 is 40.0 Å². The number of carbonyl (C=O) groups excluding carboxylic acids is 1. The number of rotatable bonds is 32. The first-order valence-electron chi connectivity index (χ1n) is 18.3. The van der Waals surface area contributed by atoms with Gasteiger partial charge in [0.25, 0.3) is 10.1 Å². The van der Waals surface area contributed by atoms with Crippen molar-refractivity contribution < 1.29 is 28.0 Å². The van der Waals surface area contributed by atoms with Crippen LogP contribution in [0.15, 0.2) is 36.5 Å². The Bertz CT molecular complexity index is 870. The lowest BCUT2D eigenvalue weighted by atomic mass is 10.0. The maximum Gasteiger partial charge on any atom is 0.267 e. The minimum atomic E-state index is -4.45. The van der Waals surface area contributed by atoms with Crippen LogP contribution in [0.4, 0.5) is 0 Å². The molecule has 0 fully saturated rings. The van der Waals surface area contributed by atoms with Crippen LogP contribution in [0.5, 0.6) is 0 Å². The number of aliphatic hydroxyl groups is 2. The molecular formula is C37H69NO6S. The molecule has 4 N–H and O–H groups in total. The number of carbonyl (C=O) groups is 1. The number of nitrogens with one attached hydrogen (secondary N) is 1. The van der Waals surface area contributed by atoms with Gasteiger partial charge in [0.05, 0.1) is 17.9 Å². The van der Waals surface area contributed by atoms with Crippen molar-refractivity contribution in [3.8, 4) is 0 Å². The zero-order valence-corrected chi connectivity index (χ0v) is 29.7. The molecule has 0 aliphatic carbocycles. The van der Waals surface area contributed by atoms with Crippen LogP contribution < -0.4 is 5.32 Å². The highest BCUT2D eigenvalue weighted by molar-refractivity contribution is 7.85. The maximum absolute atomic E-state index is 12.5. The number of amides is 1. The van der Waals surface area contributed by atoms with Gasteiger partial charge in [-0.3, -0.25) is 9.35 Å². The van der Waals surface area contributed by atoms with Crippen molar-refractivity contribution in [3.63, 3.8) is 0 Å². The fourth-order valence-electron chi connectivity index (χ4n) is 5.31. The van der Waals surface area contributed by atoms with Gasteiger partial charge in [-0.1, -0.05) is 159 Å². The second kappa shape index (κ2) is 31.1. The Morgan fingerprint density at radius 3 is 1.47 bits per heavy atom. The highest BCUT2D eigenvalue weighted by atomic mass is 32.2. The molecule has 0 aromatic heterocycles. The molecule has 0 saturated carbocycles. The third-order valence-electron chi connectivity index (χ3n) is 8.15. The van der Waals surface area contributed by atoms with E-state index in [2.05, 4.69) is 43.5 Å². The molecule has 0 aliphatic heterocycles. The number of aliphatic hydroxyl groups excluding tert-OH is 2. The molecule has 3 unspecified atom stereocenters. The summed E-state index contributed by atoms with van der Waals surface area (Å²) in [5.41, 5.74) is 0. The van der Waals surface area contributed by atoms with Crippen molar-refractivity contribution in [2.24, 2.45) is 0 Å². The lowest BCUT2D eigenvalue weighted by Crippen LogP contribution is -2.50. The van der Waals surface area contributed by atoms with Crippen LogP contribution in [0.1, 0.15) is 168 Å². The maximum atomic E-state index is 12.5. The van der Waals surface area contributed by atoms with Gasteiger partial charge in [-0.05, 0) is 44.9 Å². The number of allylic oxidation sites excluding steroid dienone is 5. The van der Waals surface area contributed by atoms with Gasteiger partial charge in [-0.2, -0.15) is 8.42 Å². The van der Waals surface area contributed by atoms with Crippen molar-refractivity contribution in [1.82, 2.24) is 5.32 Å². The van der Waals surface area contributed by atoms with Crippen LogP contribution in [0.2, 0.25) is 0 Å². The minimum absolute atomic E-state index is 0.273. The molecule has 0 rings (SSSR count). The average Bonchev–Trinajstić information content (AvgIpc) is 3.00. The zero-order valence-electron chi connectivity index (χ0n) is 28.8. The molecule has 0 aromatic carbocycles. The number of hydrogen-bond donors (Lipinski definition) is 4. The van der Waals surface area contributed by atoms with Crippen molar-refractivity contribution >= 4 is 16.0 Å². The summed E-state index contributed by atoms with van der Waals surface area (Å²) < 4.78 is 32.3. The second-order valence-electron chi connectivity index (χ2n) is 12.6. The molecule has 0 saturated heterocycles. The van der Waals surface area contributed by atoms with E-state index in [1.165, 1.54) is 96.0 Å². The normalized spacial score (nSPS) is 14.5. The van der Waals surface area contributed by atoms with Crippen LogP contribution in [-0.4, -0.2) is 53.1 Å². The Morgan fingerprint density at radius 1 is 0.600 bits per heavy atom. The number of unbranched alkanes of at least 4 members (excludes halogenated alkanes) is 19. The smallest absolute Gasteiger partial charge is 0.267 e. The lowest BCUT2D eigenvalue weighted by molar-refractivity contribution is -0.130. The SMILES string of the molecule is CCCCCCCCC/C=C/CC/C=C/CC/C=C/C(O)C(CS(=O)(=O)O)NC(=O)C(O)CCCCCCCCCCCCC.